The standard InChI is InChI=1S/C20H26Cl2N4OS/c1-2-6-23-19-18-17(5-9-28(18)27)24-20(25-19)26-7-3-13(4-8-26)14-10-15(21)12-16(22)11-14/h10-11,13,15H,2-9,12H2,1H3,(H,23,24,25). The third-order valence-electron chi connectivity index (χ3n) is 5.55. The number of aryl methyl sites for hydroxylation is 1. The Hall–Kier alpha value is -1.11. The number of nitrogens with zero attached hydrogens (tertiary/aromatic N) is 3. The van der Waals surface area contributed by atoms with Crippen LogP contribution in [-0.4, -0.2) is 44.9 Å². The van der Waals surface area contributed by atoms with Crippen LogP contribution in [-0.2, 0) is 17.2 Å². The Morgan fingerprint density at radius 3 is 2.82 bits per heavy atom. The van der Waals surface area contributed by atoms with Crippen molar-refractivity contribution < 1.29 is 4.21 Å². The Bertz CT molecular complexity index is 834. The number of rotatable bonds is 5. The number of halogens is 2. The summed E-state index contributed by atoms with van der Waals surface area (Å²) < 4.78 is 12.4. The molecule has 0 spiro atoms. The number of fused-ring (bicyclic) bond motifs is 1. The maximum absolute atomic E-state index is 12.4. The predicted octanol–water partition coefficient (Wildman–Crippen LogP) is 4.24. The van der Waals surface area contributed by atoms with Gasteiger partial charge in [0.05, 0.1) is 21.9 Å². The fourth-order valence-corrected chi connectivity index (χ4v) is 6.11. The summed E-state index contributed by atoms with van der Waals surface area (Å²) in [7, 11) is -0.987. The van der Waals surface area contributed by atoms with Crippen LogP contribution in [0.15, 0.2) is 27.7 Å². The van der Waals surface area contributed by atoms with Crippen molar-refractivity contribution in [2.24, 2.45) is 5.92 Å². The van der Waals surface area contributed by atoms with Crippen LogP contribution in [0.2, 0.25) is 0 Å². The van der Waals surface area contributed by atoms with Crippen LogP contribution in [0.1, 0.15) is 38.3 Å². The van der Waals surface area contributed by atoms with Gasteiger partial charge < -0.3 is 10.2 Å². The molecule has 1 fully saturated rings. The van der Waals surface area contributed by atoms with Gasteiger partial charge in [-0.1, -0.05) is 24.6 Å². The van der Waals surface area contributed by atoms with E-state index in [1.54, 1.807) is 0 Å². The zero-order chi connectivity index (χ0) is 19.7. The highest BCUT2D eigenvalue weighted by Crippen LogP contribution is 2.35. The molecular weight excluding hydrogens is 415 g/mol. The van der Waals surface area contributed by atoms with Gasteiger partial charge >= 0.3 is 0 Å². The first-order chi connectivity index (χ1) is 13.5. The number of piperidine rings is 1. The molecule has 0 bridgehead atoms. The number of hydrogen-bond donors (Lipinski definition) is 1. The predicted molar refractivity (Wildman–Crippen MR) is 117 cm³/mol. The average Bonchev–Trinajstić information content (AvgIpc) is 3.06. The molecule has 0 aromatic carbocycles. The van der Waals surface area contributed by atoms with Gasteiger partial charge in [0, 0.05) is 43.3 Å². The molecule has 1 aromatic heterocycles. The van der Waals surface area contributed by atoms with Gasteiger partial charge in [-0.05, 0) is 36.8 Å². The highest BCUT2D eigenvalue weighted by molar-refractivity contribution is 7.85. The lowest BCUT2D eigenvalue weighted by atomic mass is 9.86. The highest BCUT2D eigenvalue weighted by Gasteiger charge is 2.29. The van der Waals surface area contributed by atoms with Crippen molar-refractivity contribution in [3.05, 3.63) is 28.5 Å². The molecular formula is C20H26Cl2N4OS. The maximum Gasteiger partial charge on any atom is 0.227 e. The molecule has 1 aliphatic carbocycles. The first-order valence-corrected chi connectivity index (χ1v) is 12.2. The Kier molecular flexibility index (Phi) is 6.28. The second-order valence-corrected chi connectivity index (χ2v) is 10.2. The molecule has 2 unspecified atom stereocenters. The molecule has 8 heteroatoms. The van der Waals surface area contributed by atoms with E-state index in [0.717, 1.165) is 79.1 Å². The largest absolute Gasteiger partial charge is 0.369 e. The van der Waals surface area contributed by atoms with Crippen molar-refractivity contribution >= 4 is 45.8 Å². The van der Waals surface area contributed by atoms with Crippen molar-refractivity contribution in [1.82, 2.24) is 9.97 Å². The second-order valence-electron chi connectivity index (χ2n) is 7.61. The summed E-state index contributed by atoms with van der Waals surface area (Å²) in [6.07, 6.45) is 8.79. The first kappa shape index (κ1) is 20.2. The lowest BCUT2D eigenvalue weighted by Crippen LogP contribution is -2.36. The highest BCUT2D eigenvalue weighted by atomic mass is 35.5. The van der Waals surface area contributed by atoms with Crippen LogP contribution in [0.3, 0.4) is 0 Å². The smallest absolute Gasteiger partial charge is 0.227 e. The fraction of sp³-hybridized carbons (Fsp3) is 0.600. The van der Waals surface area contributed by atoms with E-state index in [4.69, 9.17) is 33.2 Å². The topological polar surface area (TPSA) is 58.1 Å². The van der Waals surface area contributed by atoms with Gasteiger partial charge in [-0.25, -0.2) is 4.98 Å². The summed E-state index contributed by atoms with van der Waals surface area (Å²) in [4.78, 5) is 12.6. The van der Waals surface area contributed by atoms with E-state index >= 15 is 0 Å². The molecule has 0 saturated carbocycles. The zero-order valence-electron chi connectivity index (χ0n) is 16.1. The minimum atomic E-state index is -0.987. The molecule has 2 aliphatic heterocycles. The van der Waals surface area contributed by atoms with Gasteiger partial charge in [0.15, 0.2) is 0 Å². The van der Waals surface area contributed by atoms with Crippen molar-refractivity contribution in [2.45, 2.75) is 49.3 Å². The van der Waals surface area contributed by atoms with Gasteiger partial charge in [0.25, 0.3) is 0 Å². The molecule has 1 aromatic rings. The molecule has 3 heterocycles. The van der Waals surface area contributed by atoms with Gasteiger partial charge in [-0.3, -0.25) is 4.21 Å². The monoisotopic (exact) mass is 440 g/mol. The van der Waals surface area contributed by atoms with Crippen molar-refractivity contribution in [3.8, 4) is 0 Å². The van der Waals surface area contributed by atoms with E-state index in [1.165, 1.54) is 5.57 Å². The molecule has 3 aliphatic rings. The SMILES string of the molecule is CCCNc1nc(N2CCC(C3=CC(Cl)CC(Cl)=C3)CC2)nc2c1S(=O)CC2. The van der Waals surface area contributed by atoms with Crippen LogP contribution >= 0.6 is 23.2 Å². The Morgan fingerprint density at radius 2 is 2.11 bits per heavy atom. The second kappa shape index (κ2) is 8.72. The molecule has 28 heavy (non-hydrogen) atoms. The molecule has 4 rings (SSSR count). The quantitative estimate of drug-likeness (QED) is 0.693. The molecule has 1 saturated heterocycles. The van der Waals surface area contributed by atoms with Gasteiger partial charge in [-0.2, -0.15) is 4.98 Å². The normalized spacial score (nSPS) is 25.3. The number of nitrogens with one attached hydrogen (secondary N) is 1. The summed E-state index contributed by atoms with van der Waals surface area (Å²) in [6.45, 7) is 4.73. The lowest BCUT2D eigenvalue weighted by molar-refractivity contribution is 0.458. The van der Waals surface area contributed by atoms with E-state index in [1.807, 2.05) is 0 Å². The van der Waals surface area contributed by atoms with Crippen LogP contribution in [0.25, 0.3) is 0 Å². The third kappa shape index (κ3) is 4.24. The van der Waals surface area contributed by atoms with Crippen LogP contribution < -0.4 is 10.2 Å². The number of aromatic nitrogens is 2. The van der Waals surface area contributed by atoms with Crippen LogP contribution in [0.5, 0.6) is 0 Å². The van der Waals surface area contributed by atoms with Gasteiger partial charge in [0.1, 0.15) is 10.7 Å². The van der Waals surface area contributed by atoms with Crippen molar-refractivity contribution in [1.29, 1.82) is 0 Å². The molecule has 0 amide bonds. The summed E-state index contributed by atoms with van der Waals surface area (Å²) in [5.74, 6) is 2.65. The van der Waals surface area contributed by atoms with Gasteiger partial charge in [-0.15, -0.1) is 11.6 Å². The zero-order valence-corrected chi connectivity index (χ0v) is 18.4. The average molecular weight is 441 g/mol. The number of allylic oxidation sites excluding steroid dienone is 4. The van der Waals surface area contributed by atoms with Crippen molar-refractivity contribution in [3.63, 3.8) is 0 Å². The fourth-order valence-electron chi connectivity index (χ4n) is 4.10. The van der Waals surface area contributed by atoms with E-state index in [2.05, 4.69) is 29.3 Å². The lowest BCUT2D eigenvalue weighted by Gasteiger charge is -2.34. The number of anilines is 2. The summed E-state index contributed by atoms with van der Waals surface area (Å²) >= 11 is 12.6. The van der Waals surface area contributed by atoms with E-state index < -0.39 is 10.8 Å². The molecule has 0 radical (unpaired) electrons. The van der Waals surface area contributed by atoms with E-state index in [-0.39, 0.29) is 5.38 Å². The van der Waals surface area contributed by atoms with Gasteiger partial charge in [0.2, 0.25) is 5.95 Å². The minimum Gasteiger partial charge on any atom is -0.369 e. The third-order valence-corrected chi connectivity index (χ3v) is 7.56. The van der Waals surface area contributed by atoms with E-state index in [0.29, 0.717) is 11.7 Å². The first-order valence-electron chi connectivity index (χ1n) is 10.0. The number of hydrogen-bond acceptors (Lipinski definition) is 5. The Labute approximate surface area is 179 Å². The van der Waals surface area contributed by atoms with E-state index in [9.17, 15) is 4.21 Å². The Balaban J connectivity index is 1.50. The minimum absolute atomic E-state index is 0.00126. The summed E-state index contributed by atoms with van der Waals surface area (Å²) in [5.41, 5.74) is 2.21. The summed E-state index contributed by atoms with van der Waals surface area (Å²) in [5, 5.41) is 4.21. The molecule has 2 atom stereocenters. The molecule has 1 N–H and O–H groups in total. The summed E-state index contributed by atoms with van der Waals surface area (Å²) in [6, 6.07) is 0. The maximum atomic E-state index is 12.4. The van der Waals surface area contributed by atoms with Crippen molar-refractivity contribution in [2.75, 3.05) is 35.6 Å². The molecule has 5 nitrogen and oxygen atoms in total. The molecule has 152 valence electrons. The van der Waals surface area contributed by atoms with Crippen LogP contribution in [0.4, 0.5) is 11.8 Å². The van der Waals surface area contributed by atoms with Crippen LogP contribution in [0, 0.1) is 5.92 Å². The Morgan fingerprint density at radius 1 is 1.32 bits per heavy atom. The number of alkyl halides is 1.